The first-order valence-corrected chi connectivity index (χ1v) is 8.42. The summed E-state index contributed by atoms with van der Waals surface area (Å²) in [5, 5.41) is 9.58. The number of nitrogens with zero attached hydrogens (tertiary/aromatic N) is 1. The molecule has 24 heavy (non-hydrogen) atoms. The second kappa shape index (κ2) is 9.49. The summed E-state index contributed by atoms with van der Waals surface area (Å²) in [6, 6.07) is 7.08. The highest BCUT2D eigenvalue weighted by Gasteiger charge is 2.27. The summed E-state index contributed by atoms with van der Waals surface area (Å²) in [5.74, 6) is -0.576. The van der Waals surface area contributed by atoms with E-state index >= 15 is 0 Å². The Bertz CT molecular complexity index is 560. The standard InChI is InChI=1S/C17H22ClNO5/c18-14-4-1-2-5-15(14)24-9-3-6-16(20)19(12-17(21)22)13-7-10-23-11-8-13/h1-2,4-5,13H,3,6-12H2,(H,21,22). The van der Waals surface area contributed by atoms with Crippen LogP contribution in [0.4, 0.5) is 0 Å². The number of carbonyl (C=O) groups is 2. The fraction of sp³-hybridized carbons (Fsp3) is 0.529. The van der Waals surface area contributed by atoms with Crippen molar-refractivity contribution >= 4 is 23.5 Å². The van der Waals surface area contributed by atoms with Gasteiger partial charge < -0.3 is 19.5 Å². The molecule has 1 amide bonds. The summed E-state index contributed by atoms with van der Waals surface area (Å²) in [4.78, 5) is 24.9. The van der Waals surface area contributed by atoms with Crippen molar-refractivity contribution < 1.29 is 24.2 Å². The smallest absolute Gasteiger partial charge is 0.323 e. The van der Waals surface area contributed by atoms with Gasteiger partial charge >= 0.3 is 5.97 Å². The summed E-state index contributed by atoms with van der Waals surface area (Å²) in [5.41, 5.74) is 0. The van der Waals surface area contributed by atoms with Gasteiger partial charge in [-0.15, -0.1) is 0 Å². The van der Waals surface area contributed by atoms with Crippen molar-refractivity contribution in [3.05, 3.63) is 29.3 Å². The lowest BCUT2D eigenvalue weighted by Gasteiger charge is -2.33. The number of carboxylic acids is 1. The maximum absolute atomic E-state index is 12.4. The van der Waals surface area contributed by atoms with E-state index in [0.29, 0.717) is 49.9 Å². The zero-order valence-electron chi connectivity index (χ0n) is 13.4. The van der Waals surface area contributed by atoms with Gasteiger partial charge in [-0.3, -0.25) is 9.59 Å². The number of ether oxygens (including phenoxy) is 2. The number of carboxylic acid groups (broad SMARTS) is 1. The van der Waals surface area contributed by atoms with E-state index in [1.165, 1.54) is 4.90 Å². The fourth-order valence-corrected chi connectivity index (χ4v) is 2.86. The van der Waals surface area contributed by atoms with Crippen molar-refractivity contribution in [2.24, 2.45) is 0 Å². The molecule has 132 valence electrons. The fourth-order valence-electron chi connectivity index (χ4n) is 2.67. The first-order chi connectivity index (χ1) is 11.6. The van der Waals surface area contributed by atoms with E-state index in [4.69, 9.17) is 26.2 Å². The Labute approximate surface area is 146 Å². The maximum Gasteiger partial charge on any atom is 0.323 e. The van der Waals surface area contributed by atoms with Gasteiger partial charge in [0.05, 0.1) is 11.6 Å². The van der Waals surface area contributed by atoms with Crippen molar-refractivity contribution in [3.8, 4) is 5.75 Å². The van der Waals surface area contributed by atoms with Crippen molar-refractivity contribution in [3.63, 3.8) is 0 Å². The van der Waals surface area contributed by atoms with Gasteiger partial charge in [-0.25, -0.2) is 0 Å². The minimum Gasteiger partial charge on any atom is -0.492 e. The van der Waals surface area contributed by atoms with Crippen molar-refractivity contribution in [1.82, 2.24) is 4.90 Å². The molecule has 1 N–H and O–H groups in total. The Morgan fingerprint density at radius 3 is 2.67 bits per heavy atom. The predicted octanol–water partition coefficient (Wildman–Crippen LogP) is 2.59. The molecule has 2 rings (SSSR count). The van der Waals surface area contributed by atoms with E-state index in [0.717, 1.165) is 0 Å². The quantitative estimate of drug-likeness (QED) is 0.725. The minimum absolute atomic E-state index is 0.0631. The lowest BCUT2D eigenvalue weighted by Crippen LogP contribution is -2.46. The van der Waals surface area contributed by atoms with Gasteiger partial charge in [-0.05, 0) is 31.4 Å². The van der Waals surface area contributed by atoms with Crippen molar-refractivity contribution in [1.29, 1.82) is 0 Å². The molecule has 0 aliphatic carbocycles. The van der Waals surface area contributed by atoms with Crippen LogP contribution >= 0.6 is 11.6 Å². The van der Waals surface area contributed by atoms with Crippen LogP contribution in [-0.4, -0.2) is 54.3 Å². The lowest BCUT2D eigenvalue weighted by molar-refractivity contribution is -0.147. The zero-order chi connectivity index (χ0) is 17.4. The van der Waals surface area contributed by atoms with Gasteiger partial charge in [0.2, 0.25) is 5.91 Å². The first kappa shape index (κ1) is 18.5. The van der Waals surface area contributed by atoms with E-state index in [-0.39, 0.29) is 24.9 Å². The van der Waals surface area contributed by atoms with E-state index in [1.54, 1.807) is 12.1 Å². The number of rotatable bonds is 8. The van der Waals surface area contributed by atoms with E-state index < -0.39 is 5.97 Å². The Morgan fingerprint density at radius 1 is 1.29 bits per heavy atom. The Hall–Kier alpha value is -1.79. The second-order valence-electron chi connectivity index (χ2n) is 5.64. The maximum atomic E-state index is 12.4. The number of hydrogen-bond acceptors (Lipinski definition) is 4. The van der Waals surface area contributed by atoms with Gasteiger partial charge in [-0.1, -0.05) is 23.7 Å². The molecule has 1 aliphatic heterocycles. The second-order valence-corrected chi connectivity index (χ2v) is 6.05. The average molecular weight is 356 g/mol. The van der Waals surface area contributed by atoms with Gasteiger partial charge in [0.15, 0.2) is 0 Å². The number of halogens is 1. The van der Waals surface area contributed by atoms with Crippen LogP contribution in [0.3, 0.4) is 0 Å². The number of hydrogen-bond donors (Lipinski definition) is 1. The molecule has 0 unspecified atom stereocenters. The molecule has 0 saturated carbocycles. The van der Waals surface area contributed by atoms with Gasteiger partial charge in [0, 0.05) is 25.7 Å². The molecule has 0 aromatic heterocycles. The number of benzene rings is 1. The Balaban J connectivity index is 1.81. The molecule has 0 bridgehead atoms. The molecule has 0 atom stereocenters. The van der Waals surface area contributed by atoms with E-state index in [9.17, 15) is 9.59 Å². The van der Waals surface area contributed by atoms with Crippen molar-refractivity contribution in [2.45, 2.75) is 31.7 Å². The molecule has 1 heterocycles. The van der Waals surface area contributed by atoms with Gasteiger partial charge in [-0.2, -0.15) is 0 Å². The summed E-state index contributed by atoms with van der Waals surface area (Å²) < 4.78 is 10.8. The zero-order valence-corrected chi connectivity index (χ0v) is 14.2. The molecule has 7 heteroatoms. The molecular weight excluding hydrogens is 334 g/mol. The summed E-state index contributed by atoms with van der Waals surface area (Å²) in [6.07, 6.45) is 2.10. The third-order valence-electron chi connectivity index (χ3n) is 3.89. The number of carbonyl (C=O) groups excluding carboxylic acids is 1. The SMILES string of the molecule is O=C(O)CN(C(=O)CCCOc1ccccc1Cl)C1CCOCC1. The summed E-state index contributed by atoms with van der Waals surface area (Å²) in [6.45, 7) is 1.20. The largest absolute Gasteiger partial charge is 0.492 e. The lowest BCUT2D eigenvalue weighted by atomic mass is 10.1. The van der Waals surface area contributed by atoms with E-state index in [2.05, 4.69) is 0 Å². The highest BCUT2D eigenvalue weighted by Crippen LogP contribution is 2.23. The molecule has 1 fully saturated rings. The molecule has 1 aromatic carbocycles. The molecular formula is C17H22ClNO5. The van der Waals surface area contributed by atoms with Crippen LogP contribution in [0.2, 0.25) is 5.02 Å². The first-order valence-electron chi connectivity index (χ1n) is 8.04. The van der Waals surface area contributed by atoms with Crippen LogP contribution in [0.15, 0.2) is 24.3 Å². The minimum atomic E-state index is -0.998. The Morgan fingerprint density at radius 2 is 2.00 bits per heavy atom. The van der Waals surface area contributed by atoms with Crippen LogP contribution in [0.5, 0.6) is 5.75 Å². The topological polar surface area (TPSA) is 76.1 Å². The van der Waals surface area contributed by atoms with Crippen LogP contribution in [0.25, 0.3) is 0 Å². The molecule has 1 aromatic rings. The molecule has 0 spiro atoms. The summed E-state index contributed by atoms with van der Waals surface area (Å²) >= 11 is 6.00. The van der Waals surface area contributed by atoms with E-state index in [1.807, 2.05) is 12.1 Å². The number of para-hydroxylation sites is 1. The Kier molecular flexibility index (Phi) is 7.34. The van der Waals surface area contributed by atoms with Gasteiger partial charge in [0.25, 0.3) is 0 Å². The van der Waals surface area contributed by atoms with Gasteiger partial charge in [0.1, 0.15) is 12.3 Å². The highest BCUT2D eigenvalue weighted by molar-refractivity contribution is 6.32. The van der Waals surface area contributed by atoms with Crippen LogP contribution in [0, 0.1) is 0 Å². The third kappa shape index (κ3) is 5.69. The average Bonchev–Trinajstić information content (AvgIpc) is 2.58. The predicted molar refractivity (Wildman–Crippen MR) is 89.4 cm³/mol. The molecule has 0 radical (unpaired) electrons. The summed E-state index contributed by atoms with van der Waals surface area (Å²) in [7, 11) is 0. The van der Waals surface area contributed by atoms with Crippen LogP contribution in [0.1, 0.15) is 25.7 Å². The van der Waals surface area contributed by atoms with Crippen LogP contribution < -0.4 is 4.74 Å². The normalized spacial score (nSPS) is 15.0. The molecule has 1 aliphatic rings. The van der Waals surface area contributed by atoms with Crippen LogP contribution in [-0.2, 0) is 14.3 Å². The molecule has 1 saturated heterocycles. The molecule has 6 nitrogen and oxygen atoms in total. The number of aliphatic carboxylic acids is 1. The third-order valence-corrected chi connectivity index (χ3v) is 4.20. The monoisotopic (exact) mass is 355 g/mol. The highest BCUT2D eigenvalue weighted by atomic mass is 35.5. The van der Waals surface area contributed by atoms with Crippen molar-refractivity contribution in [2.75, 3.05) is 26.4 Å². The number of amides is 1.